The average molecular weight is 414 g/mol. The quantitative estimate of drug-likeness (QED) is 0.702. The predicted octanol–water partition coefficient (Wildman–Crippen LogP) is 0.508. The first-order valence-electron chi connectivity index (χ1n) is 10.5. The summed E-state index contributed by atoms with van der Waals surface area (Å²) in [5.41, 5.74) is 8.39. The van der Waals surface area contributed by atoms with Crippen LogP contribution in [0.2, 0.25) is 0 Å². The smallest absolute Gasteiger partial charge is 0.157 e. The number of ether oxygens (including phenoxy) is 1. The van der Waals surface area contributed by atoms with E-state index in [-0.39, 0.29) is 6.61 Å². The molecular formula is C21H31N7O2. The van der Waals surface area contributed by atoms with Crippen molar-refractivity contribution in [2.24, 2.45) is 0 Å². The molecule has 0 saturated carbocycles. The lowest BCUT2D eigenvalue weighted by Gasteiger charge is -2.38. The summed E-state index contributed by atoms with van der Waals surface area (Å²) in [7, 11) is 1.68. The summed E-state index contributed by atoms with van der Waals surface area (Å²) >= 11 is 0. The number of nitrogen functional groups attached to an aromatic ring is 1. The minimum Gasteiger partial charge on any atom is -0.497 e. The lowest BCUT2D eigenvalue weighted by molar-refractivity contribution is 0.188. The minimum atomic E-state index is 0.197. The van der Waals surface area contributed by atoms with Gasteiger partial charge in [0.05, 0.1) is 13.7 Å². The minimum absolute atomic E-state index is 0.197. The fourth-order valence-electron chi connectivity index (χ4n) is 4.18. The number of aliphatic hydroxyl groups excluding tert-OH is 1. The van der Waals surface area contributed by atoms with Gasteiger partial charge in [0.15, 0.2) is 11.6 Å². The van der Waals surface area contributed by atoms with Gasteiger partial charge < -0.3 is 30.3 Å². The molecule has 2 aliphatic rings. The Morgan fingerprint density at radius 1 is 0.867 bits per heavy atom. The molecule has 4 rings (SSSR count). The van der Waals surface area contributed by atoms with Crippen molar-refractivity contribution in [1.29, 1.82) is 0 Å². The Labute approximate surface area is 177 Å². The second-order valence-electron chi connectivity index (χ2n) is 7.66. The number of nitrogens with zero attached hydrogens (tertiary/aromatic N) is 6. The van der Waals surface area contributed by atoms with Gasteiger partial charge in [0, 0.05) is 64.6 Å². The molecule has 1 aromatic carbocycles. The molecule has 0 unspecified atom stereocenters. The molecule has 30 heavy (non-hydrogen) atoms. The molecule has 0 amide bonds. The van der Waals surface area contributed by atoms with Crippen LogP contribution in [-0.2, 0) is 0 Å². The second kappa shape index (κ2) is 9.36. The molecule has 9 nitrogen and oxygen atoms in total. The molecule has 0 radical (unpaired) electrons. The molecule has 9 heteroatoms. The maximum absolute atomic E-state index is 9.13. The fraction of sp³-hybridized carbons (Fsp3) is 0.524. The first kappa shape index (κ1) is 20.5. The zero-order valence-electron chi connectivity index (χ0n) is 17.6. The molecule has 0 atom stereocenters. The molecule has 3 heterocycles. The number of hydrogen-bond donors (Lipinski definition) is 2. The van der Waals surface area contributed by atoms with Crippen molar-refractivity contribution in [3.63, 3.8) is 0 Å². The Balaban J connectivity index is 1.40. The molecule has 2 aliphatic heterocycles. The Morgan fingerprint density at radius 2 is 1.40 bits per heavy atom. The van der Waals surface area contributed by atoms with Gasteiger partial charge in [-0.25, -0.2) is 9.97 Å². The number of rotatable bonds is 6. The van der Waals surface area contributed by atoms with Crippen molar-refractivity contribution in [2.45, 2.75) is 0 Å². The number of aliphatic hydroxyl groups is 1. The monoisotopic (exact) mass is 413 g/mol. The van der Waals surface area contributed by atoms with Crippen LogP contribution in [0.15, 0.2) is 30.6 Å². The van der Waals surface area contributed by atoms with Gasteiger partial charge in [0.25, 0.3) is 0 Å². The van der Waals surface area contributed by atoms with Crippen molar-refractivity contribution in [1.82, 2.24) is 14.9 Å². The molecule has 1 aromatic heterocycles. The number of nitrogens with two attached hydrogens (primary N) is 1. The van der Waals surface area contributed by atoms with Gasteiger partial charge in [-0.05, 0) is 24.3 Å². The highest BCUT2D eigenvalue weighted by atomic mass is 16.5. The van der Waals surface area contributed by atoms with Gasteiger partial charge in [-0.2, -0.15) is 0 Å². The molecule has 2 aromatic rings. The van der Waals surface area contributed by atoms with Gasteiger partial charge in [-0.15, -0.1) is 0 Å². The summed E-state index contributed by atoms with van der Waals surface area (Å²) in [5.74, 6) is 2.52. The van der Waals surface area contributed by atoms with Crippen LogP contribution < -0.4 is 25.2 Å². The van der Waals surface area contributed by atoms with Crippen molar-refractivity contribution >= 4 is 23.0 Å². The summed E-state index contributed by atoms with van der Waals surface area (Å²) in [5, 5.41) is 9.13. The highest BCUT2D eigenvalue weighted by Crippen LogP contribution is 2.31. The SMILES string of the molecule is COc1ccc(N2CCN(c3ncnc(N4CCN(CCO)CC4)c3N)CC2)cc1. The number of piperazine rings is 2. The van der Waals surface area contributed by atoms with E-state index in [1.807, 2.05) is 12.1 Å². The second-order valence-corrected chi connectivity index (χ2v) is 7.66. The molecule has 0 spiro atoms. The van der Waals surface area contributed by atoms with Crippen LogP contribution in [-0.4, -0.2) is 92.6 Å². The van der Waals surface area contributed by atoms with Crippen molar-refractivity contribution in [2.75, 3.05) is 93.1 Å². The van der Waals surface area contributed by atoms with E-state index in [2.05, 4.69) is 41.7 Å². The zero-order chi connectivity index (χ0) is 20.9. The summed E-state index contributed by atoms with van der Waals surface area (Å²) < 4.78 is 5.25. The number of methoxy groups -OCH3 is 1. The standard InChI is InChI=1S/C21H31N7O2/c1-30-18-4-2-17(3-5-18)26-10-12-28(13-11-26)21-19(22)20(23-16-24-21)27-8-6-25(7-9-27)14-15-29/h2-5,16,29H,6-15,22H2,1H3. The van der Waals surface area contributed by atoms with Crippen molar-refractivity contribution in [3.8, 4) is 5.75 Å². The third-order valence-corrected chi connectivity index (χ3v) is 5.95. The largest absolute Gasteiger partial charge is 0.497 e. The van der Waals surface area contributed by atoms with E-state index in [1.54, 1.807) is 13.4 Å². The molecule has 0 aliphatic carbocycles. The van der Waals surface area contributed by atoms with Gasteiger partial charge in [0.2, 0.25) is 0 Å². The van der Waals surface area contributed by atoms with E-state index in [1.165, 1.54) is 5.69 Å². The molecular weight excluding hydrogens is 382 g/mol. The predicted molar refractivity (Wildman–Crippen MR) is 120 cm³/mol. The van der Waals surface area contributed by atoms with E-state index in [4.69, 9.17) is 15.6 Å². The van der Waals surface area contributed by atoms with Gasteiger partial charge in [0.1, 0.15) is 17.8 Å². The fourth-order valence-corrected chi connectivity index (χ4v) is 4.18. The summed E-state index contributed by atoms with van der Waals surface area (Å²) in [4.78, 5) is 18.1. The first-order chi connectivity index (χ1) is 14.7. The first-order valence-corrected chi connectivity index (χ1v) is 10.5. The van der Waals surface area contributed by atoms with Crippen LogP contribution in [0.4, 0.5) is 23.0 Å². The lowest BCUT2D eigenvalue weighted by Crippen LogP contribution is -2.48. The van der Waals surface area contributed by atoms with E-state index in [0.29, 0.717) is 5.69 Å². The van der Waals surface area contributed by atoms with Gasteiger partial charge >= 0.3 is 0 Å². The summed E-state index contributed by atoms with van der Waals surface area (Å²) in [6, 6.07) is 8.19. The number of benzene rings is 1. The lowest BCUT2D eigenvalue weighted by atomic mass is 10.2. The van der Waals surface area contributed by atoms with E-state index in [9.17, 15) is 0 Å². The van der Waals surface area contributed by atoms with Gasteiger partial charge in [-0.3, -0.25) is 4.90 Å². The summed E-state index contributed by atoms with van der Waals surface area (Å²) in [6.07, 6.45) is 1.62. The van der Waals surface area contributed by atoms with Crippen LogP contribution in [0.1, 0.15) is 0 Å². The maximum atomic E-state index is 9.13. The van der Waals surface area contributed by atoms with Gasteiger partial charge in [-0.1, -0.05) is 0 Å². The molecule has 2 fully saturated rings. The van der Waals surface area contributed by atoms with Crippen LogP contribution in [0, 0.1) is 0 Å². The molecule has 2 saturated heterocycles. The molecule has 162 valence electrons. The number of hydrogen-bond acceptors (Lipinski definition) is 9. The van der Waals surface area contributed by atoms with E-state index >= 15 is 0 Å². The Kier molecular flexibility index (Phi) is 6.39. The Bertz CT molecular complexity index is 817. The molecule has 3 N–H and O–H groups in total. The van der Waals surface area contributed by atoms with Crippen LogP contribution in [0.5, 0.6) is 5.75 Å². The van der Waals surface area contributed by atoms with E-state index < -0.39 is 0 Å². The number of aromatic nitrogens is 2. The third-order valence-electron chi connectivity index (χ3n) is 5.95. The zero-order valence-corrected chi connectivity index (χ0v) is 17.6. The third kappa shape index (κ3) is 4.36. The number of β-amino-alcohol motifs (C(OH)–C–C–N with tert-alkyl or cyclic N) is 1. The average Bonchev–Trinajstić information content (AvgIpc) is 2.80. The Morgan fingerprint density at radius 3 is 1.93 bits per heavy atom. The Hall–Kier alpha value is -2.78. The highest BCUT2D eigenvalue weighted by molar-refractivity contribution is 5.76. The maximum Gasteiger partial charge on any atom is 0.157 e. The van der Waals surface area contributed by atoms with Crippen LogP contribution >= 0.6 is 0 Å². The van der Waals surface area contributed by atoms with Crippen molar-refractivity contribution < 1.29 is 9.84 Å². The summed E-state index contributed by atoms with van der Waals surface area (Å²) in [6.45, 7) is 7.96. The number of anilines is 4. The molecule has 0 bridgehead atoms. The topological polar surface area (TPSA) is 94.2 Å². The van der Waals surface area contributed by atoms with E-state index in [0.717, 1.165) is 76.3 Å². The van der Waals surface area contributed by atoms with Crippen molar-refractivity contribution in [3.05, 3.63) is 30.6 Å². The highest BCUT2D eigenvalue weighted by Gasteiger charge is 2.25. The van der Waals surface area contributed by atoms with Crippen LogP contribution in [0.3, 0.4) is 0 Å². The normalized spacial score (nSPS) is 18.0. The van der Waals surface area contributed by atoms with Crippen LogP contribution in [0.25, 0.3) is 0 Å².